The van der Waals surface area contributed by atoms with Gasteiger partial charge in [0, 0.05) is 11.1 Å². The lowest BCUT2D eigenvalue weighted by Crippen LogP contribution is -2.00. The number of carbonyl (C=O) groups excluding carboxylic acids is 1. The highest BCUT2D eigenvalue weighted by atomic mass is 16.1. The Bertz CT molecular complexity index is 432. The van der Waals surface area contributed by atoms with Gasteiger partial charge in [0.15, 0.2) is 5.78 Å². The van der Waals surface area contributed by atoms with Crippen LogP contribution in [-0.2, 0) is 0 Å². The van der Waals surface area contributed by atoms with Crippen LogP contribution in [0.4, 0.5) is 0 Å². The highest BCUT2D eigenvalue weighted by Crippen LogP contribution is 2.09. The fraction of sp³-hybridized carbons (Fsp3) is 0. The van der Waals surface area contributed by atoms with Crippen LogP contribution in [0.5, 0.6) is 0 Å². The molecule has 0 radical (unpaired) electrons. The fourth-order valence-electron chi connectivity index (χ4n) is 1.18. The van der Waals surface area contributed by atoms with Crippen LogP contribution < -0.4 is 0 Å². The Morgan fingerprint density at radius 2 is 1.93 bits per heavy atom. The lowest BCUT2D eigenvalue weighted by molar-refractivity contribution is 0.103. The van der Waals surface area contributed by atoms with Crippen LogP contribution in [0.25, 0.3) is 0 Å². The summed E-state index contributed by atoms with van der Waals surface area (Å²) < 4.78 is 0. The van der Waals surface area contributed by atoms with Crippen molar-refractivity contribution in [1.82, 2.24) is 0 Å². The van der Waals surface area contributed by atoms with Gasteiger partial charge in [-0.15, -0.1) is 5.73 Å². The number of carbonyl (C=O) groups is 1. The molecule has 1 rings (SSSR count). The minimum absolute atomic E-state index is 0.0494. The van der Waals surface area contributed by atoms with Crippen LogP contribution in [0.15, 0.2) is 73.0 Å². The molecule has 0 unspecified atom stereocenters. The summed E-state index contributed by atoms with van der Waals surface area (Å²) in [7, 11) is 0. The molecule has 0 spiro atoms. The Morgan fingerprint density at radius 3 is 2.47 bits per heavy atom. The highest BCUT2D eigenvalue weighted by molar-refractivity contribution is 6.10. The average Bonchev–Trinajstić information content (AvgIpc) is 2.29. The highest BCUT2D eigenvalue weighted by Gasteiger charge is 2.07. The minimum atomic E-state index is -0.0494. The van der Waals surface area contributed by atoms with Crippen molar-refractivity contribution < 1.29 is 4.79 Å². The SMILES string of the molecule is C=C=C/C(=C\C=C)C(=O)c1ccccc1. The van der Waals surface area contributed by atoms with E-state index in [1.807, 2.05) is 18.2 Å². The summed E-state index contributed by atoms with van der Waals surface area (Å²) in [6.07, 6.45) is 4.77. The predicted molar refractivity (Wildman–Crippen MR) is 62.8 cm³/mol. The molecular weight excluding hydrogens is 184 g/mol. The first-order chi connectivity index (χ1) is 7.29. The van der Waals surface area contributed by atoms with Gasteiger partial charge < -0.3 is 0 Å². The van der Waals surface area contributed by atoms with E-state index in [0.717, 1.165) is 0 Å². The van der Waals surface area contributed by atoms with Crippen molar-refractivity contribution in [2.75, 3.05) is 0 Å². The van der Waals surface area contributed by atoms with E-state index in [-0.39, 0.29) is 5.78 Å². The van der Waals surface area contributed by atoms with Crippen LogP contribution in [-0.4, -0.2) is 5.78 Å². The van der Waals surface area contributed by atoms with Crippen molar-refractivity contribution >= 4 is 5.78 Å². The maximum atomic E-state index is 11.9. The van der Waals surface area contributed by atoms with E-state index in [0.29, 0.717) is 11.1 Å². The van der Waals surface area contributed by atoms with Crippen molar-refractivity contribution in [3.05, 3.63) is 78.6 Å². The Morgan fingerprint density at radius 1 is 1.27 bits per heavy atom. The maximum absolute atomic E-state index is 11.9. The number of rotatable bonds is 4. The first-order valence-corrected chi connectivity index (χ1v) is 4.58. The molecule has 0 heterocycles. The zero-order chi connectivity index (χ0) is 11.1. The molecule has 0 aromatic heterocycles. The van der Waals surface area contributed by atoms with Gasteiger partial charge >= 0.3 is 0 Å². The van der Waals surface area contributed by atoms with Gasteiger partial charge in [-0.05, 0) is 6.08 Å². The van der Waals surface area contributed by atoms with Crippen molar-refractivity contribution in [2.24, 2.45) is 0 Å². The molecule has 0 N–H and O–H groups in total. The molecule has 1 nitrogen and oxygen atoms in total. The molecule has 74 valence electrons. The lowest BCUT2D eigenvalue weighted by atomic mass is 10.0. The van der Waals surface area contributed by atoms with Gasteiger partial charge in [-0.2, -0.15) is 0 Å². The molecule has 0 aliphatic heterocycles. The van der Waals surface area contributed by atoms with Crippen LogP contribution >= 0.6 is 0 Å². The van der Waals surface area contributed by atoms with Gasteiger partial charge in [0.1, 0.15) is 0 Å². The first-order valence-electron chi connectivity index (χ1n) is 4.58. The molecule has 0 fully saturated rings. The molecule has 0 saturated heterocycles. The summed E-state index contributed by atoms with van der Waals surface area (Å²) in [6, 6.07) is 9.08. The largest absolute Gasteiger partial charge is 0.289 e. The predicted octanol–water partition coefficient (Wildman–Crippen LogP) is 3.32. The standard InChI is InChI=1S/C14H12O/c1-3-8-12(9-4-2)14(15)13-10-6-5-7-11-13/h3,5-11H,1-2H2/b12-8+. The molecule has 0 saturated carbocycles. The maximum Gasteiger partial charge on any atom is 0.193 e. The van der Waals surface area contributed by atoms with E-state index in [1.54, 1.807) is 30.4 Å². The Labute approximate surface area is 89.8 Å². The van der Waals surface area contributed by atoms with Crippen LogP contribution in [0.1, 0.15) is 10.4 Å². The zero-order valence-corrected chi connectivity index (χ0v) is 8.44. The lowest BCUT2D eigenvalue weighted by Gasteiger charge is -1.99. The molecule has 0 atom stereocenters. The van der Waals surface area contributed by atoms with E-state index in [2.05, 4.69) is 18.9 Å². The number of hydrogen-bond donors (Lipinski definition) is 0. The van der Waals surface area contributed by atoms with Crippen LogP contribution in [0.2, 0.25) is 0 Å². The number of allylic oxidation sites excluding steroid dienone is 4. The molecule has 1 heteroatoms. The Hall–Kier alpha value is -2.11. The minimum Gasteiger partial charge on any atom is -0.289 e. The van der Waals surface area contributed by atoms with Crippen molar-refractivity contribution in [1.29, 1.82) is 0 Å². The third-order valence-electron chi connectivity index (χ3n) is 1.85. The van der Waals surface area contributed by atoms with Gasteiger partial charge in [-0.3, -0.25) is 4.79 Å². The third kappa shape index (κ3) is 2.94. The quantitative estimate of drug-likeness (QED) is 0.312. The zero-order valence-electron chi connectivity index (χ0n) is 8.44. The number of benzene rings is 1. The van der Waals surface area contributed by atoms with E-state index in [4.69, 9.17) is 0 Å². The van der Waals surface area contributed by atoms with Crippen LogP contribution in [0.3, 0.4) is 0 Å². The second-order valence-electron chi connectivity index (χ2n) is 2.90. The molecule has 0 aliphatic carbocycles. The smallest absolute Gasteiger partial charge is 0.193 e. The van der Waals surface area contributed by atoms with Gasteiger partial charge in [-0.1, -0.05) is 55.6 Å². The van der Waals surface area contributed by atoms with E-state index >= 15 is 0 Å². The molecule has 1 aromatic rings. The number of Topliss-reactive ketones (excluding diaryl/α,β-unsaturated/α-hetero) is 1. The monoisotopic (exact) mass is 196 g/mol. The third-order valence-corrected chi connectivity index (χ3v) is 1.85. The first kappa shape index (κ1) is 11.0. The van der Waals surface area contributed by atoms with Crippen molar-refractivity contribution in [3.63, 3.8) is 0 Å². The number of hydrogen-bond acceptors (Lipinski definition) is 1. The molecule has 0 aliphatic rings. The average molecular weight is 196 g/mol. The van der Waals surface area contributed by atoms with Gasteiger partial charge in [-0.25, -0.2) is 0 Å². The molecule has 15 heavy (non-hydrogen) atoms. The summed E-state index contributed by atoms with van der Waals surface area (Å²) in [5.41, 5.74) is 3.77. The van der Waals surface area contributed by atoms with Crippen molar-refractivity contribution in [2.45, 2.75) is 0 Å². The van der Waals surface area contributed by atoms with Gasteiger partial charge in [0.2, 0.25) is 0 Å². The van der Waals surface area contributed by atoms with Gasteiger partial charge in [0.25, 0.3) is 0 Å². The molecule has 0 bridgehead atoms. The van der Waals surface area contributed by atoms with E-state index in [1.165, 1.54) is 0 Å². The van der Waals surface area contributed by atoms with Crippen molar-refractivity contribution in [3.8, 4) is 0 Å². The summed E-state index contributed by atoms with van der Waals surface area (Å²) in [6.45, 7) is 7.01. The molecule has 1 aromatic carbocycles. The molecular formula is C14H12O. The summed E-state index contributed by atoms with van der Waals surface area (Å²) >= 11 is 0. The number of ketones is 1. The summed E-state index contributed by atoms with van der Waals surface area (Å²) in [5.74, 6) is -0.0494. The molecule has 0 amide bonds. The van der Waals surface area contributed by atoms with Crippen LogP contribution in [0, 0.1) is 0 Å². The van der Waals surface area contributed by atoms with E-state index < -0.39 is 0 Å². The second kappa shape index (κ2) is 5.58. The summed E-state index contributed by atoms with van der Waals surface area (Å²) in [4.78, 5) is 11.9. The Balaban J connectivity index is 3.07. The van der Waals surface area contributed by atoms with Gasteiger partial charge in [0.05, 0.1) is 0 Å². The Kier molecular flexibility index (Phi) is 4.08. The fourth-order valence-corrected chi connectivity index (χ4v) is 1.18. The second-order valence-corrected chi connectivity index (χ2v) is 2.90. The normalized spacial score (nSPS) is 10.3. The summed E-state index contributed by atoms with van der Waals surface area (Å²) in [5, 5.41) is 0. The topological polar surface area (TPSA) is 17.1 Å². The van der Waals surface area contributed by atoms with E-state index in [9.17, 15) is 4.79 Å².